The predicted molar refractivity (Wildman–Crippen MR) is 90.1 cm³/mol. The number of hydrogen-bond donors (Lipinski definition) is 0. The minimum absolute atomic E-state index is 0.110. The maximum absolute atomic E-state index is 15.8. The molecule has 2 aromatic rings. The first-order chi connectivity index (χ1) is 10.9. The summed E-state index contributed by atoms with van der Waals surface area (Å²) in [5.41, 5.74) is -1.40. The van der Waals surface area contributed by atoms with Gasteiger partial charge in [-0.15, -0.1) is 0 Å². The van der Waals surface area contributed by atoms with Gasteiger partial charge in [-0.05, 0) is 48.6 Å². The molecule has 1 aliphatic carbocycles. The highest BCUT2D eigenvalue weighted by Gasteiger charge is 2.47. The van der Waals surface area contributed by atoms with Crippen LogP contribution in [0.3, 0.4) is 0 Å². The zero-order chi connectivity index (χ0) is 16.5. The number of sulfone groups is 1. The molecule has 1 atom stereocenters. The summed E-state index contributed by atoms with van der Waals surface area (Å²) in [6.45, 7) is 0. The van der Waals surface area contributed by atoms with Gasteiger partial charge in [-0.2, -0.15) is 0 Å². The molecule has 5 heteroatoms. The fourth-order valence-electron chi connectivity index (χ4n) is 3.02. The molecular weight excluding hydrogens is 335 g/mol. The molecule has 122 valence electrons. The largest absolute Gasteiger partial charge is 0.237 e. The molecule has 0 aliphatic heterocycles. The summed E-state index contributed by atoms with van der Waals surface area (Å²) in [5.74, 6) is -0.775. The number of halogens is 2. The molecule has 0 bridgehead atoms. The fraction of sp³-hybridized carbons (Fsp3) is 0.333. The van der Waals surface area contributed by atoms with Crippen LogP contribution >= 0.6 is 11.6 Å². The second-order valence-electron chi connectivity index (χ2n) is 6.07. The highest BCUT2D eigenvalue weighted by atomic mass is 35.5. The third-order valence-electron chi connectivity index (χ3n) is 4.58. The monoisotopic (exact) mass is 352 g/mol. The van der Waals surface area contributed by atoms with Crippen LogP contribution in [-0.2, 0) is 15.5 Å². The van der Waals surface area contributed by atoms with Gasteiger partial charge in [-0.1, -0.05) is 48.4 Å². The maximum Gasteiger partial charge on any atom is 0.181 e. The standard InChI is InChI=1S/C18H18ClFO2S/c19-16-9-11-17(12-10-16)23(21,22)13-18(20,15-7-4-8-15)14-5-2-1-3-6-14/h1-3,5-6,9-12,15H,4,7-8,13H2. The van der Waals surface area contributed by atoms with Gasteiger partial charge in [0.1, 0.15) is 0 Å². The second kappa shape index (κ2) is 6.25. The van der Waals surface area contributed by atoms with Crippen molar-refractivity contribution in [3.05, 3.63) is 65.2 Å². The van der Waals surface area contributed by atoms with E-state index in [1.165, 1.54) is 24.3 Å². The lowest BCUT2D eigenvalue weighted by Gasteiger charge is -2.39. The average Bonchev–Trinajstić information content (AvgIpc) is 2.46. The van der Waals surface area contributed by atoms with Crippen molar-refractivity contribution >= 4 is 21.4 Å². The summed E-state index contributed by atoms with van der Waals surface area (Å²) in [7, 11) is -3.74. The van der Waals surface area contributed by atoms with Gasteiger partial charge in [-0.25, -0.2) is 12.8 Å². The molecule has 1 unspecified atom stereocenters. The lowest BCUT2D eigenvalue weighted by atomic mass is 9.72. The lowest BCUT2D eigenvalue weighted by molar-refractivity contribution is 0.0494. The van der Waals surface area contributed by atoms with Gasteiger partial charge < -0.3 is 0 Å². The minimum atomic E-state index is -3.74. The van der Waals surface area contributed by atoms with E-state index in [1.54, 1.807) is 30.3 Å². The second-order valence-corrected chi connectivity index (χ2v) is 8.50. The molecule has 23 heavy (non-hydrogen) atoms. The first-order valence-corrected chi connectivity index (χ1v) is 9.68. The highest BCUT2D eigenvalue weighted by Crippen LogP contribution is 2.46. The summed E-state index contributed by atoms with van der Waals surface area (Å²) >= 11 is 5.80. The van der Waals surface area contributed by atoms with Crippen molar-refractivity contribution in [3.63, 3.8) is 0 Å². The van der Waals surface area contributed by atoms with E-state index in [-0.39, 0.29) is 10.8 Å². The highest BCUT2D eigenvalue weighted by molar-refractivity contribution is 7.91. The molecule has 1 saturated carbocycles. The van der Waals surface area contributed by atoms with Crippen molar-refractivity contribution in [2.75, 3.05) is 5.75 Å². The van der Waals surface area contributed by atoms with Gasteiger partial charge in [0.2, 0.25) is 0 Å². The fourth-order valence-corrected chi connectivity index (χ4v) is 4.82. The summed E-state index contributed by atoms with van der Waals surface area (Å²) in [6.07, 6.45) is 2.40. The smallest absolute Gasteiger partial charge is 0.181 e. The van der Waals surface area contributed by atoms with Gasteiger partial charge in [-0.3, -0.25) is 0 Å². The minimum Gasteiger partial charge on any atom is -0.237 e. The van der Waals surface area contributed by atoms with E-state index < -0.39 is 21.3 Å². The van der Waals surface area contributed by atoms with Gasteiger partial charge in [0.15, 0.2) is 15.5 Å². The number of rotatable bonds is 5. The molecule has 1 aliphatic rings. The predicted octanol–water partition coefficient (Wildman–Crippen LogP) is 4.78. The molecule has 0 spiro atoms. The zero-order valence-corrected chi connectivity index (χ0v) is 14.2. The van der Waals surface area contributed by atoms with Gasteiger partial charge >= 0.3 is 0 Å². The molecule has 0 amide bonds. The van der Waals surface area contributed by atoms with E-state index in [0.29, 0.717) is 10.6 Å². The Morgan fingerprint density at radius 3 is 2.17 bits per heavy atom. The Morgan fingerprint density at radius 1 is 1.04 bits per heavy atom. The Balaban J connectivity index is 1.97. The van der Waals surface area contributed by atoms with Crippen molar-refractivity contribution in [1.29, 1.82) is 0 Å². The van der Waals surface area contributed by atoms with Crippen LogP contribution in [0.15, 0.2) is 59.5 Å². The Kier molecular flexibility index (Phi) is 4.47. The SMILES string of the molecule is O=S(=O)(CC(F)(c1ccccc1)C1CCC1)c1ccc(Cl)cc1. The molecule has 2 nitrogen and oxygen atoms in total. The van der Waals surface area contributed by atoms with E-state index in [2.05, 4.69) is 0 Å². The third-order valence-corrected chi connectivity index (χ3v) is 6.62. The molecule has 0 heterocycles. The molecule has 0 saturated heterocycles. The molecule has 0 radical (unpaired) electrons. The van der Waals surface area contributed by atoms with Crippen molar-refractivity contribution in [1.82, 2.24) is 0 Å². The molecule has 0 N–H and O–H groups in total. The number of alkyl halides is 1. The van der Waals surface area contributed by atoms with E-state index in [9.17, 15) is 8.42 Å². The van der Waals surface area contributed by atoms with Gasteiger partial charge in [0, 0.05) is 5.02 Å². The van der Waals surface area contributed by atoms with Crippen molar-refractivity contribution in [2.45, 2.75) is 29.8 Å². The van der Waals surface area contributed by atoms with Crippen LogP contribution < -0.4 is 0 Å². The van der Waals surface area contributed by atoms with E-state index in [4.69, 9.17) is 11.6 Å². The molecule has 0 aromatic heterocycles. The van der Waals surface area contributed by atoms with Crippen LogP contribution in [0.1, 0.15) is 24.8 Å². The topological polar surface area (TPSA) is 34.1 Å². The Morgan fingerprint density at radius 2 is 1.65 bits per heavy atom. The molecule has 3 rings (SSSR count). The lowest BCUT2D eigenvalue weighted by Crippen LogP contribution is -2.41. The van der Waals surface area contributed by atoms with Gasteiger partial charge in [0.25, 0.3) is 0 Å². The van der Waals surface area contributed by atoms with Crippen LogP contribution in [0, 0.1) is 5.92 Å². The number of benzene rings is 2. The maximum atomic E-state index is 15.8. The van der Waals surface area contributed by atoms with Crippen LogP contribution in [-0.4, -0.2) is 14.2 Å². The quantitative estimate of drug-likeness (QED) is 0.776. The summed E-state index contributed by atoms with van der Waals surface area (Å²) in [5, 5.41) is 0.456. The van der Waals surface area contributed by atoms with Crippen molar-refractivity contribution in [3.8, 4) is 0 Å². The summed E-state index contributed by atoms with van der Waals surface area (Å²) in [4.78, 5) is 0.110. The third kappa shape index (κ3) is 3.29. The van der Waals surface area contributed by atoms with Crippen molar-refractivity contribution < 1.29 is 12.8 Å². The normalized spacial score (nSPS) is 18.2. The van der Waals surface area contributed by atoms with Crippen LogP contribution in [0.5, 0.6) is 0 Å². The average molecular weight is 353 g/mol. The number of hydrogen-bond acceptors (Lipinski definition) is 2. The van der Waals surface area contributed by atoms with Crippen molar-refractivity contribution in [2.24, 2.45) is 5.92 Å². The van der Waals surface area contributed by atoms with Crippen LogP contribution in [0.4, 0.5) is 4.39 Å². The first-order valence-electron chi connectivity index (χ1n) is 7.64. The summed E-state index contributed by atoms with van der Waals surface area (Å²) < 4.78 is 41.2. The molecule has 1 fully saturated rings. The van der Waals surface area contributed by atoms with Crippen LogP contribution in [0.25, 0.3) is 0 Å². The van der Waals surface area contributed by atoms with Gasteiger partial charge in [0.05, 0.1) is 10.6 Å². The van der Waals surface area contributed by atoms with E-state index >= 15 is 4.39 Å². The summed E-state index contributed by atoms with van der Waals surface area (Å²) in [6, 6.07) is 14.5. The Bertz CT molecular complexity index is 770. The zero-order valence-electron chi connectivity index (χ0n) is 12.6. The first kappa shape index (κ1) is 16.5. The Hall–Kier alpha value is -1.39. The van der Waals surface area contributed by atoms with E-state index in [1.807, 2.05) is 0 Å². The molecular formula is C18H18ClFO2S. The van der Waals surface area contributed by atoms with E-state index in [0.717, 1.165) is 19.3 Å². The Labute approximate surface area is 141 Å². The molecule has 2 aromatic carbocycles. The van der Waals surface area contributed by atoms with Crippen LogP contribution in [0.2, 0.25) is 5.02 Å².